The Balaban J connectivity index is 1.23. The molecular weight excluding hydrogens is 452 g/mol. The van der Waals surface area contributed by atoms with E-state index in [0.29, 0.717) is 6.42 Å². The van der Waals surface area contributed by atoms with Gasteiger partial charge in [-0.2, -0.15) is 10.2 Å². The molecule has 2 N–H and O–H groups in total. The van der Waals surface area contributed by atoms with Gasteiger partial charge in [-0.25, -0.2) is 14.6 Å². The summed E-state index contributed by atoms with van der Waals surface area (Å²) in [6.07, 6.45) is 5.83. The minimum absolute atomic E-state index is 0.598. The van der Waals surface area contributed by atoms with Crippen molar-refractivity contribution in [3.8, 4) is 28.3 Å². The molecule has 7 rings (SSSR count). The molecule has 5 heterocycles. The first kappa shape index (κ1) is 21.2. The van der Waals surface area contributed by atoms with Crippen molar-refractivity contribution in [2.45, 2.75) is 38.8 Å². The molecule has 5 aromatic rings. The largest absolute Gasteiger partial charge is 0.494 e. The van der Waals surface area contributed by atoms with Crippen molar-refractivity contribution in [3.63, 3.8) is 0 Å². The molecule has 0 bridgehead atoms. The zero-order chi connectivity index (χ0) is 24.1. The van der Waals surface area contributed by atoms with Crippen LogP contribution in [-0.2, 0) is 32.4 Å². The van der Waals surface area contributed by atoms with E-state index in [1.54, 1.807) is 7.11 Å². The minimum Gasteiger partial charge on any atom is -0.494 e. The monoisotopic (exact) mass is 478 g/mol. The zero-order valence-electron chi connectivity index (χ0n) is 20.1. The third-order valence-electron chi connectivity index (χ3n) is 7.13. The van der Waals surface area contributed by atoms with Crippen LogP contribution in [0.25, 0.3) is 33.5 Å². The molecule has 1 aromatic carbocycles. The zero-order valence-corrected chi connectivity index (χ0v) is 20.1. The smallest absolute Gasteiger partial charge is 0.156 e. The van der Waals surface area contributed by atoms with Gasteiger partial charge >= 0.3 is 0 Å². The van der Waals surface area contributed by atoms with E-state index in [-0.39, 0.29) is 0 Å². The topological polar surface area (TPSA) is 106 Å². The number of nitrogens with zero attached hydrogens (tertiary/aromatic N) is 6. The van der Waals surface area contributed by atoms with Gasteiger partial charge in [-0.3, -0.25) is 10.1 Å². The Morgan fingerprint density at radius 1 is 1.08 bits per heavy atom. The van der Waals surface area contributed by atoms with Crippen LogP contribution in [0.5, 0.6) is 5.75 Å². The van der Waals surface area contributed by atoms with Crippen LogP contribution in [0.1, 0.15) is 34.9 Å². The predicted molar refractivity (Wildman–Crippen MR) is 136 cm³/mol. The molecule has 0 unspecified atom stereocenters. The summed E-state index contributed by atoms with van der Waals surface area (Å²) < 4.78 is 7.73. The molecule has 36 heavy (non-hydrogen) atoms. The summed E-state index contributed by atoms with van der Waals surface area (Å²) in [6.45, 7) is 2.54. The standard InChI is InChI=1S/C27H26N8O/c1-36-22-13-21-27(31-26(22)20-7-3-5-16-4-2-6-19(16)20)25(33-32-21)17-8-9-18(29-14-17)12-23-30-24-15-28-10-11-35(24)34-23/h3,5,7-9,13-14,28H,2,4,6,10-12,15H2,1H3,(H,32,33). The third kappa shape index (κ3) is 3.54. The number of aromatic nitrogens is 7. The van der Waals surface area contributed by atoms with Crippen LogP contribution in [0.2, 0.25) is 0 Å². The Hall–Kier alpha value is -4.11. The van der Waals surface area contributed by atoms with Gasteiger partial charge in [-0.1, -0.05) is 18.2 Å². The van der Waals surface area contributed by atoms with Crippen LogP contribution >= 0.6 is 0 Å². The number of fused-ring (bicyclic) bond motifs is 3. The number of hydrogen-bond acceptors (Lipinski definition) is 7. The molecule has 0 saturated carbocycles. The Labute approximate surface area is 208 Å². The van der Waals surface area contributed by atoms with E-state index < -0.39 is 0 Å². The number of hydrogen-bond donors (Lipinski definition) is 2. The maximum atomic E-state index is 5.74. The summed E-state index contributed by atoms with van der Waals surface area (Å²) in [4.78, 5) is 14.4. The third-order valence-corrected chi connectivity index (χ3v) is 7.13. The molecular formula is C27H26N8O. The lowest BCUT2D eigenvalue weighted by atomic mass is 9.99. The fourth-order valence-electron chi connectivity index (χ4n) is 5.35. The first-order valence-electron chi connectivity index (χ1n) is 12.4. The molecule has 1 aliphatic heterocycles. The molecule has 0 fully saturated rings. The maximum Gasteiger partial charge on any atom is 0.156 e. The average molecular weight is 479 g/mol. The maximum absolute atomic E-state index is 5.74. The van der Waals surface area contributed by atoms with Crippen molar-refractivity contribution >= 4 is 11.0 Å². The van der Waals surface area contributed by atoms with Crippen molar-refractivity contribution in [3.05, 3.63) is 71.1 Å². The molecule has 9 heteroatoms. The Morgan fingerprint density at radius 3 is 2.92 bits per heavy atom. The Kier molecular flexibility index (Phi) is 5.02. The molecule has 0 amide bonds. The lowest BCUT2D eigenvalue weighted by Gasteiger charge is -2.12. The van der Waals surface area contributed by atoms with Gasteiger partial charge in [0.05, 0.1) is 32.1 Å². The van der Waals surface area contributed by atoms with Gasteiger partial charge in [-0.15, -0.1) is 0 Å². The second-order valence-corrected chi connectivity index (χ2v) is 9.36. The highest BCUT2D eigenvalue weighted by Crippen LogP contribution is 2.38. The normalized spacial score (nSPS) is 14.7. The van der Waals surface area contributed by atoms with Crippen molar-refractivity contribution in [1.82, 2.24) is 40.2 Å². The summed E-state index contributed by atoms with van der Waals surface area (Å²) >= 11 is 0. The van der Waals surface area contributed by atoms with E-state index >= 15 is 0 Å². The second kappa shape index (κ2) is 8.53. The highest BCUT2D eigenvalue weighted by Gasteiger charge is 2.21. The van der Waals surface area contributed by atoms with Gasteiger partial charge in [0.2, 0.25) is 0 Å². The fraction of sp³-hybridized carbons (Fsp3) is 0.296. The Morgan fingerprint density at radius 2 is 2.06 bits per heavy atom. The van der Waals surface area contributed by atoms with E-state index in [4.69, 9.17) is 14.7 Å². The van der Waals surface area contributed by atoms with Crippen molar-refractivity contribution < 1.29 is 4.74 Å². The van der Waals surface area contributed by atoms with Gasteiger partial charge in [-0.05, 0) is 42.5 Å². The van der Waals surface area contributed by atoms with E-state index in [0.717, 1.165) is 89.1 Å². The molecule has 180 valence electrons. The van der Waals surface area contributed by atoms with Gasteiger partial charge < -0.3 is 10.1 Å². The molecule has 9 nitrogen and oxygen atoms in total. The predicted octanol–water partition coefficient (Wildman–Crippen LogP) is 3.47. The quantitative estimate of drug-likeness (QED) is 0.398. The summed E-state index contributed by atoms with van der Waals surface area (Å²) in [6, 6.07) is 12.5. The van der Waals surface area contributed by atoms with E-state index in [9.17, 15) is 0 Å². The van der Waals surface area contributed by atoms with Crippen LogP contribution in [-0.4, -0.2) is 48.6 Å². The number of rotatable bonds is 5. The first-order valence-corrected chi connectivity index (χ1v) is 12.4. The summed E-state index contributed by atoms with van der Waals surface area (Å²) in [5, 5.41) is 15.7. The first-order chi connectivity index (χ1) is 17.8. The number of H-pyrrole nitrogens is 1. The van der Waals surface area contributed by atoms with Crippen LogP contribution in [0, 0.1) is 0 Å². The number of benzene rings is 1. The number of nitrogens with one attached hydrogen (secondary N) is 2. The molecule has 0 saturated heterocycles. The summed E-state index contributed by atoms with van der Waals surface area (Å²) in [5.74, 6) is 2.53. The lowest BCUT2D eigenvalue weighted by molar-refractivity contribution is 0.415. The molecule has 2 aliphatic rings. The van der Waals surface area contributed by atoms with Crippen molar-refractivity contribution in [2.75, 3.05) is 13.7 Å². The van der Waals surface area contributed by atoms with E-state index in [2.05, 4.69) is 43.8 Å². The molecule has 0 atom stereocenters. The number of methoxy groups -OCH3 is 1. The molecule has 1 aliphatic carbocycles. The van der Waals surface area contributed by atoms with Crippen LogP contribution in [0.4, 0.5) is 0 Å². The van der Waals surface area contributed by atoms with Crippen molar-refractivity contribution in [2.24, 2.45) is 0 Å². The van der Waals surface area contributed by atoms with Gasteiger partial charge in [0.1, 0.15) is 28.5 Å². The number of aryl methyl sites for hydroxylation is 1. The highest BCUT2D eigenvalue weighted by atomic mass is 16.5. The summed E-state index contributed by atoms with van der Waals surface area (Å²) in [5.41, 5.74) is 9.06. The van der Waals surface area contributed by atoms with E-state index in [1.165, 1.54) is 17.5 Å². The second-order valence-electron chi connectivity index (χ2n) is 9.36. The van der Waals surface area contributed by atoms with Crippen LogP contribution in [0.3, 0.4) is 0 Å². The van der Waals surface area contributed by atoms with E-state index in [1.807, 2.05) is 29.1 Å². The molecule has 0 spiro atoms. The van der Waals surface area contributed by atoms with Gasteiger partial charge in [0.15, 0.2) is 5.82 Å². The summed E-state index contributed by atoms with van der Waals surface area (Å²) in [7, 11) is 1.69. The Bertz CT molecular complexity index is 1560. The van der Waals surface area contributed by atoms with Gasteiger partial charge in [0, 0.05) is 35.6 Å². The number of pyridine rings is 2. The molecule has 0 radical (unpaired) electrons. The van der Waals surface area contributed by atoms with Crippen LogP contribution < -0.4 is 10.1 Å². The minimum atomic E-state index is 0.598. The number of aromatic amines is 1. The fourth-order valence-corrected chi connectivity index (χ4v) is 5.35. The van der Waals surface area contributed by atoms with Crippen molar-refractivity contribution in [1.29, 1.82) is 0 Å². The molecule has 4 aromatic heterocycles. The average Bonchev–Trinajstić information content (AvgIpc) is 3.65. The number of ether oxygens (including phenoxy) is 1. The van der Waals surface area contributed by atoms with Gasteiger partial charge in [0.25, 0.3) is 0 Å². The highest BCUT2D eigenvalue weighted by molar-refractivity contribution is 5.93. The lowest BCUT2D eigenvalue weighted by Crippen LogP contribution is -2.28. The van der Waals surface area contributed by atoms with Crippen LogP contribution in [0.15, 0.2) is 42.6 Å². The SMILES string of the molecule is COc1cc2[nH]nc(-c3ccc(Cc4nc5n(n4)CCNC5)nc3)c2nc1-c1cccc2c1CCC2.